The van der Waals surface area contributed by atoms with Gasteiger partial charge in [-0.2, -0.15) is 4.31 Å². The predicted octanol–water partition coefficient (Wildman–Crippen LogP) is 3.07. The monoisotopic (exact) mass is 435 g/mol. The zero-order valence-corrected chi connectivity index (χ0v) is 18.5. The molecule has 2 aromatic rings. The fourth-order valence-electron chi connectivity index (χ4n) is 3.23. The molecule has 0 atom stereocenters. The standard InChI is InChI=1S/C21H26ClN3O3S/c1-15-4-5-17(12-16(15)2)13-21(26)23-20-14-18(6-7-19(20)22)29(27,28)25-10-8-24(3)9-11-25/h4-7,12,14H,8-11,13H2,1-3H3,(H,23,26). The van der Waals surface area contributed by atoms with E-state index in [9.17, 15) is 13.2 Å². The van der Waals surface area contributed by atoms with Gasteiger partial charge in [0.2, 0.25) is 15.9 Å². The summed E-state index contributed by atoms with van der Waals surface area (Å²) in [4.78, 5) is 14.7. The van der Waals surface area contributed by atoms with Crippen LogP contribution in [0.2, 0.25) is 5.02 Å². The van der Waals surface area contributed by atoms with Crippen molar-refractivity contribution < 1.29 is 13.2 Å². The second-order valence-electron chi connectivity index (χ2n) is 7.49. The molecule has 0 aromatic heterocycles. The van der Waals surface area contributed by atoms with E-state index >= 15 is 0 Å². The highest BCUT2D eigenvalue weighted by Crippen LogP contribution is 2.27. The van der Waals surface area contributed by atoms with Gasteiger partial charge in [0.25, 0.3) is 0 Å². The maximum Gasteiger partial charge on any atom is 0.243 e. The summed E-state index contributed by atoms with van der Waals surface area (Å²) in [6, 6.07) is 10.3. The summed E-state index contributed by atoms with van der Waals surface area (Å²) in [6.45, 7) is 6.27. The summed E-state index contributed by atoms with van der Waals surface area (Å²) in [5.74, 6) is -0.246. The Morgan fingerprint density at radius 3 is 2.38 bits per heavy atom. The molecule has 8 heteroatoms. The topological polar surface area (TPSA) is 69.7 Å². The van der Waals surface area contributed by atoms with Crippen LogP contribution >= 0.6 is 11.6 Å². The fourth-order valence-corrected chi connectivity index (χ4v) is 4.85. The van der Waals surface area contributed by atoms with Crippen molar-refractivity contribution in [2.75, 3.05) is 38.5 Å². The van der Waals surface area contributed by atoms with Gasteiger partial charge >= 0.3 is 0 Å². The predicted molar refractivity (Wildman–Crippen MR) is 116 cm³/mol. The fraction of sp³-hybridized carbons (Fsp3) is 0.381. The largest absolute Gasteiger partial charge is 0.324 e. The molecule has 1 saturated heterocycles. The van der Waals surface area contributed by atoms with Gasteiger partial charge in [0.1, 0.15) is 0 Å². The molecule has 1 amide bonds. The minimum absolute atomic E-state index is 0.132. The van der Waals surface area contributed by atoms with Crippen molar-refractivity contribution in [1.82, 2.24) is 9.21 Å². The highest BCUT2D eigenvalue weighted by Gasteiger charge is 2.28. The van der Waals surface area contributed by atoms with Gasteiger partial charge in [-0.25, -0.2) is 8.42 Å². The van der Waals surface area contributed by atoms with E-state index in [0.29, 0.717) is 36.9 Å². The molecule has 1 fully saturated rings. The summed E-state index contributed by atoms with van der Waals surface area (Å²) in [5.41, 5.74) is 3.48. The summed E-state index contributed by atoms with van der Waals surface area (Å²) < 4.78 is 27.4. The van der Waals surface area contributed by atoms with Gasteiger partial charge < -0.3 is 10.2 Å². The Bertz CT molecular complexity index is 1020. The van der Waals surface area contributed by atoms with E-state index in [0.717, 1.165) is 11.1 Å². The maximum absolute atomic E-state index is 13.0. The van der Waals surface area contributed by atoms with E-state index in [1.54, 1.807) is 0 Å². The van der Waals surface area contributed by atoms with Crippen molar-refractivity contribution in [3.63, 3.8) is 0 Å². The molecule has 29 heavy (non-hydrogen) atoms. The molecule has 1 aliphatic heterocycles. The van der Waals surface area contributed by atoms with Gasteiger partial charge in [-0.1, -0.05) is 29.8 Å². The van der Waals surface area contributed by atoms with Crippen molar-refractivity contribution in [3.05, 3.63) is 58.1 Å². The third-order valence-corrected chi connectivity index (χ3v) is 7.47. The van der Waals surface area contributed by atoms with Crippen LogP contribution < -0.4 is 5.32 Å². The number of hydrogen-bond acceptors (Lipinski definition) is 4. The lowest BCUT2D eigenvalue weighted by Crippen LogP contribution is -2.47. The van der Waals surface area contributed by atoms with Gasteiger partial charge in [-0.3, -0.25) is 4.79 Å². The first-order chi connectivity index (χ1) is 13.7. The Morgan fingerprint density at radius 1 is 1.03 bits per heavy atom. The van der Waals surface area contributed by atoms with Gasteiger partial charge in [0.15, 0.2) is 0 Å². The molecule has 0 unspecified atom stereocenters. The molecule has 6 nitrogen and oxygen atoms in total. The molecule has 1 N–H and O–H groups in total. The number of rotatable bonds is 5. The lowest BCUT2D eigenvalue weighted by Gasteiger charge is -2.31. The minimum atomic E-state index is -3.63. The van der Waals surface area contributed by atoms with Crippen LogP contribution in [-0.4, -0.2) is 56.8 Å². The van der Waals surface area contributed by atoms with E-state index in [4.69, 9.17) is 11.6 Å². The average molecular weight is 436 g/mol. The molecule has 3 rings (SSSR count). The number of carbonyl (C=O) groups is 1. The molecule has 0 radical (unpaired) electrons. The van der Waals surface area contributed by atoms with E-state index < -0.39 is 10.0 Å². The van der Waals surface area contributed by atoms with Crippen LogP contribution in [0.3, 0.4) is 0 Å². The van der Waals surface area contributed by atoms with E-state index in [-0.39, 0.29) is 17.2 Å². The van der Waals surface area contributed by atoms with Crippen LogP contribution in [-0.2, 0) is 21.2 Å². The highest BCUT2D eigenvalue weighted by atomic mass is 35.5. The minimum Gasteiger partial charge on any atom is -0.324 e. The number of sulfonamides is 1. The third kappa shape index (κ3) is 5.17. The lowest BCUT2D eigenvalue weighted by atomic mass is 10.0. The second-order valence-corrected chi connectivity index (χ2v) is 9.84. The van der Waals surface area contributed by atoms with Gasteiger partial charge in [0, 0.05) is 26.2 Å². The molecule has 1 heterocycles. The number of halogens is 1. The number of nitrogens with one attached hydrogen (secondary N) is 1. The van der Waals surface area contributed by atoms with Crippen LogP contribution in [0, 0.1) is 13.8 Å². The number of likely N-dealkylation sites (N-methyl/N-ethyl adjacent to an activating group) is 1. The van der Waals surface area contributed by atoms with Crippen LogP contribution in [0.15, 0.2) is 41.3 Å². The Kier molecular flexibility index (Phi) is 6.63. The zero-order chi connectivity index (χ0) is 21.2. The van der Waals surface area contributed by atoms with Crippen molar-refractivity contribution in [2.24, 2.45) is 0 Å². The van der Waals surface area contributed by atoms with Crippen molar-refractivity contribution in [2.45, 2.75) is 25.2 Å². The van der Waals surface area contributed by atoms with Crippen LogP contribution in [0.5, 0.6) is 0 Å². The first-order valence-electron chi connectivity index (χ1n) is 9.51. The normalized spacial score (nSPS) is 16.0. The van der Waals surface area contributed by atoms with Crippen molar-refractivity contribution in [3.8, 4) is 0 Å². The summed E-state index contributed by atoms with van der Waals surface area (Å²) >= 11 is 6.21. The number of nitrogens with zero attached hydrogens (tertiary/aromatic N) is 2. The van der Waals surface area contributed by atoms with Gasteiger partial charge in [-0.05, 0) is 55.8 Å². The first kappa shape index (κ1) is 21.8. The van der Waals surface area contributed by atoms with E-state index in [1.807, 2.05) is 39.1 Å². The second kappa shape index (κ2) is 8.83. The SMILES string of the molecule is Cc1ccc(CC(=O)Nc2cc(S(=O)(=O)N3CCN(C)CC3)ccc2Cl)cc1C. The summed E-state index contributed by atoms with van der Waals surface area (Å²) in [5, 5.41) is 3.05. The quantitative estimate of drug-likeness (QED) is 0.783. The number of aryl methyl sites for hydroxylation is 2. The smallest absolute Gasteiger partial charge is 0.243 e. The Hall–Kier alpha value is -1.93. The molecule has 156 valence electrons. The van der Waals surface area contributed by atoms with Crippen LogP contribution in [0.4, 0.5) is 5.69 Å². The molecular weight excluding hydrogens is 410 g/mol. The average Bonchev–Trinajstić information content (AvgIpc) is 2.66. The summed E-state index contributed by atoms with van der Waals surface area (Å²) in [7, 11) is -1.67. The molecule has 0 spiro atoms. The van der Waals surface area contributed by atoms with Crippen molar-refractivity contribution in [1.29, 1.82) is 0 Å². The summed E-state index contributed by atoms with van der Waals surface area (Å²) in [6.07, 6.45) is 0.187. The number of amides is 1. The third-order valence-electron chi connectivity index (χ3n) is 5.25. The molecule has 1 aliphatic rings. The molecule has 2 aromatic carbocycles. The Balaban J connectivity index is 1.76. The van der Waals surface area contributed by atoms with E-state index in [2.05, 4.69) is 10.2 Å². The zero-order valence-electron chi connectivity index (χ0n) is 16.9. The number of carbonyl (C=O) groups excluding carboxylic acids is 1. The number of hydrogen-bond donors (Lipinski definition) is 1. The molecule has 0 saturated carbocycles. The number of piperazine rings is 1. The van der Waals surface area contributed by atoms with E-state index in [1.165, 1.54) is 28.1 Å². The number of benzene rings is 2. The van der Waals surface area contributed by atoms with Crippen LogP contribution in [0.25, 0.3) is 0 Å². The van der Waals surface area contributed by atoms with Gasteiger partial charge in [0.05, 0.1) is 22.0 Å². The molecule has 0 bridgehead atoms. The first-order valence-corrected chi connectivity index (χ1v) is 11.3. The van der Waals surface area contributed by atoms with Crippen molar-refractivity contribution >= 4 is 33.2 Å². The lowest BCUT2D eigenvalue weighted by molar-refractivity contribution is -0.115. The van der Waals surface area contributed by atoms with Gasteiger partial charge in [-0.15, -0.1) is 0 Å². The molecular formula is C21H26ClN3O3S. The van der Waals surface area contributed by atoms with Crippen LogP contribution in [0.1, 0.15) is 16.7 Å². The highest BCUT2D eigenvalue weighted by molar-refractivity contribution is 7.89. The number of anilines is 1. The Morgan fingerprint density at radius 2 is 1.72 bits per heavy atom. The Labute approximate surface area is 177 Å². The molecule has 0 aliphatic carbocycles. The maximum atomic E-state index is 13.0.